The van der Waals surface area contributed by atoms with Crippen molar-refractivity contribution in [1.82, 2.24) is 0 Å². The summed E-state index contributed by atoms with van der Waals surface area (Å²) in [5.41, 5.74) is 7.11. The molecule has 1 aromatic rings. The monoisotopic (exact) mass is 224 g/mol. The third-order valence-corrected chi connectivity index (χ3v) is 2.09. The Bertz CT molecular complexity index is 353. The summed E-state index contributed by atoms with van der Waals surface area (Å²) in [6.45, 7) is 1.47. The molecular weight excluding hydrogens is 208 g/mol. The lowest BCUT2D eigenvalue weighted by atomic mass is 10.1. The molecule has 0 amide bonds. The molecular formula is C11H16N2O3. The van der Waals surface area contributed by atoms with Gasteiger partial charge in [0, 0.05) is 12.7 Å². The van der Waals surface area contributed by atoms with Crippen molar-refractivity contribution in [3.63, 3.8) is 0 Å². The maximum Gasteiger partial charge on any atom is 0.170 e. The molecule has 0 aliphatic carbocycles. The molecule has 3 N–H and O–H groups in total. The normalized spacial score (nSPS) is 11.7. The number of nitrogens with two attached hydrogens (primary N) is 1. The number of benzene rings is 1. The second kappa shape index (κ2) is 6.81. The predicted octanol–water partition coefficient (Wildman–Crippen LogP) is 0.944. The Morgan fingerprint density at radius 2 is 2.12 bits per heavy atom. The molecule has 1 rings (SSSR count). The van der Waals surface area contributed by atoms with Crippen LogP contribution in [0.4, 0.5) is 0 Å². The van der Waals surface area contributed by atoms with E-state index in [4.69, 9.17) is 20.4 Å². The van der Waals surface area contributed by atoms with Crippen LogP contribution in [0.2, 0.25) is 0 Å². The van der Waals surface area contributed by atoms with Crippen molar-refractivity contribution < 1.29 is 14.7 Å². The smallest absolute Gasteiger partial charge is 0.170 e. The van der Waals surface area contributed by atoms with Gasteiger partial charge in [0.15, 0.2) is 5.84 Å². The molecule has 16 heavy (non-hydrogen) atoms. The number of methoxy groups -OCH3 is 1. The Morgan fingerprint density at radius 3 is 2.81 bits per heavy atom. The summed E-state index contributed by atoms with van der Waals surface area (Å²) in [6, 6.07) is 7.36. The average Bonchev–Trinajstić information content (AvgIpc) is 2.34. The van der Waals surface area contributed by atoms with Gasteiger partial charge in [-0.3, -0.25) is 0 Å². The van der Waals surface area contributed by atoms with Crippen LogP contribution >= 0.6 is 0 Å². The molecule has 0 heterocycles. The second-order valence-electron chi connectivity index (χ2n) is 3.19. The molecule has 5 nitrogen and oxygen atoms in total. The minimum absolute atomic E-state index is 0.0888. The fourth-order valence-electron chi connectivity index (χ4n) is 1.27. The van der Waals surface area contributed by atoms with Crippen LogP contribution in [0.5, 0.6) is 0 Å². The lowest BCUT2D eigenvalue weighted by Crippen LogP contribution is -2.16. The molecule has 0 radical (unpaired) electrons. The van der Waals surface area contributed by atoms with Gasteiger partial charge in [-0.05, 0) is 5.56 Å². The first-order valence-electron chi connectivity index (χ1n) is 4.92. The molecule has 1 aromatic carbocycles. The van der Waals surface area contributed by atoms with Crippen LogP contribution in [0, 0.1) is 0 Å². The molecule has 88 valence electrons. The largest absolute Gasteiger partial charge is 0.409 e. The van der Waals surface area contributed by atoms with Gasteiger partial charge in [-0.2, -0.15) is 0 Å². The standard InChI is InChI=1S/C11H16N2O3/c1-15-6-7-16-8-9-4-2-3-5-10(9)11(12)13-14/h2-5,14H,6-8H2,1H3,(H2,12,13). The van der Waals surface area contributed by atoms with Crippen molar-refractivity contribution in [3.05, 3.63) is 35.4 Å². The van der Waals surface area contributed by atoms with E-state index in [1.165, 1.54) is 0 Å². The van der Waals surface area contributed by atoms with E-state index >= 15 is 0 Å². The van der Waals surface area contributed by atoms with Gasteiger partial charge >= 0.3 is 0 Å². The molecule has 5 heteroatoms. The van der Waals surface area contributed by atoms with Crippen molar-refractivity contribution in [3.8, 4) is 0 Å². The topological polar surface area (TPSA) is 77.1 Å². The maximum atomic E-state index is 8.62. The number of amidine groups is 1. The predicted molar refractivity (Wildman–Crippen MR) is 60.5 cm³/mol. The molecule has 0 fully saturated rings. The first-order chi connectivity index (χ1) is 7.79. The second-order valence-corrected chi connectivity index (χ2v) is 3.19. The Morgan fingerprint density at radius 1 is 1.38 bits per heavy atom. The van der Waals surface area contributed by atoms with E-state index in [1.807, 2.05) is 18.2 Å². The third-order valence-electron chi connectivity index (χ3n) is 2.09. The summed E-state index contributed by atoms with van der Waals surface area (Å²) in [5.74, 6) is 0.0888. The first-order valence-corrected chi connectivity index (χ1v) is 4.92. The van der Waals surface area contributed by atoms with Crippen LogP contribution in [-0.4, -0.2) is 31.4 Å². The quantitative estimate of drug-likeness (QED) is 0.248. The number of ether oxygens (including phenoxy) is 2. The fraction of sp³-hybridized carbons (Fsp3) is 0.364. The highest BCUT2D eigenvalue weighted by Gasteiger charge is 2.05. The minimum atomic E-state index is 0.0888. The highest BCUT2D eigenvalue weighted by Crippen LogP contribution is 2.09. The van der Waals surface area contributed by atoms with Gasteiger partial charge in [-0.15, -0.1) is 0 Å². The van der Waals surface area contributed by atoms with Gasteiger partial charge in [0.25, 0.3) is 0 Å². The van der Waals surface area contributed by atoms with E-state index in [0.29, 0.717) is 25.4 Å². The maximum absolute atomic E-state index is 8.62. The van der Waals surface area contributed by atoms with E-state index in [9.17, 15) is 0 Å². The van der Waals surface area contributed by atoms with Gasteiger partial charge in [-0.1, -0.05) is 29.4 Å². The van der Waals surface area contributed by atoms with E-state index in [-0.39, 0.29) is 5.84 Å². The van der Waals surface area contributed by atoms with E-state index in [0.717, 1.165) is 5.56 Å². The molecule has 0 aliphatic rings. The number of nitrogens with zero attached hydrogens (tertiary/aromatic N) is 1. The molecule has 0 saturated heterocycles. The van der Waals surface area contributed by atoms with Crippen LogP contribution < -0.4 is 5.73 Å². The number of hydrogen-bond donors (Lipinski definition) is 2. The molecule has 0 unspecified atom stereocenters. The number of oxime groups is 1. The summed E-state index contributed by atoms with van der Waals surface area (Å²) < 4.78 is 10.2. The van der Waals surface area contributed by atoms with E-state index in [1.54, 1.807) is 13.2 Å². The molecule has 0 saturated carbocycles. The Kier molecular flexibility index (Phi) is 5.31. The van der Waals surface area contributed by atoms with Crippen molar-refractivity contribution in [1.29, 1.82) is 0 Å². The number of rotatable bonds is 6. The van der Waals surface area contributed by atoms with Crippen LogP contribution in [0.15, 0.2) is 29.4 Å². The van der Waals surface area contributed by atoms with Gasteiger partial charge < -0.3 is 20.4 Å². The SMILES string of the molecule is COCCOCc1ccccc1/C(N)=N/O. The lowest BCUT2D eigenvalue weighted by Gasteiger charge is -2.08. The van der Waals surface area contributed by atoms with Gasteiger partial charge in [0.1, 0.15) is 0 Å². The van der Waals surface area contributed by atoms with E-state index < -0.39 is 0 Å². The van der Waals surface area contributed by atoms with Crippen molar-refractivity contribution >= 4 is 5.84 Å². The Hall–Kier alpha value is -1.59. The lowest BCUT2D eigenvalue weighted by molar-refractivity contribution is 0.0616. The summed E-state index contributed by atoms with van der Waals surface area (Å²) in [6.07, 6.45) is 0. The zero-order valence-electron chi connectivity index (χ0n) is 9.22. The third kappa shape index (κ3) is 3.52. The highest BCUT2D eigenvalue weighted by atomic mass is 16.5. The Balaban J connectivity index is 2.64. The fourth-order valence-corrected chi connectivity index (χ4v) is 1.27. The molecule has 0 atom stereocenters. The van der Waals surface area contributed by atoms with Crippen LogP contribution in [0.3, 0.4) is 0 Å². The van der Waals surface area contributed by atoms with Crippen LogP contribution in [0.1, 0.15) is 11.1 Å². The Labute approximate surface area is 94.5 Å². The van der Waals surface area contributed by atoms with E-state index in [2.05, 4.69) is 5.16 Å². The van der Waals surface area contributed by atoms with Gasteiger partial charge in [0.2, 0.25) is 0 Å². The first kappa shape index (κ1) is 12.5. The molecule has 0 spiro atoms. The van der Waals surface area contributed by atoms with Crippen LogP contribution in [-0.2, 0) is 16.1 Å². The minimum Gasteiger partial charge on any atom is -0.409 e. The molecule has 0 aliphatic heterocycles. The summed E-state index contributed by atoms with van der Waals surface area (Å²) >= 11 is 0. The number of hydrogen-bond acceptors (Lipinski definition) is 4. The molecule has 0 bridgehead atoms. The molecule has 0 aromatic heterocycles. The summed E-state index contributed by atoms with van der Waals surface area (Å²) in [4.78, 5) is 0. The van der Waals surface area contributed by atoms with Crippen molar-refractivity contribution in [2.45, 2.75) is 6.61 Å². The van der Waals surface area contributed by atoms with Gasteiger partial charge in [0.05, 0.1) is 19.8 Å². The zero-order valence-corrected chi connectivity index (χ0v) is 9.22. The zero-order chi connectivity index (χ0) is 11.8. The average molecular weight is 224 g/mol. The van der Waals surface area contributed by atoms with Crippen molar-refractivity contribution in [2.75, 3.05) is 20.3 Å². The van der Waals surface area contributed by atoms with Crippen LogP contribution in [0.25, 0.3) is 0 Å². The van der Waals surface area contributed by atoms with Gasteiger partial charge in [-0.25, -0.2) is 0 Å². The highest BCUT2D eigenvalue weighted by molar-refractivity contribution is 5.98. The summed E-state index contributed by atoms with van der Waals surface area (Å²) in [5, 5.41) is 11.6. The van der Waals surface area contributed by atoms with Crippen molar-refractivity contribution in [2.24, 2.45) is 10.9 Å². The summed E-state index contributed by atoms with van der Waals surface area (Å²) in [7, 11) is 1.62.